The maximum Gasteiger partial charge on any atom is 0.243 e. The van der Waals surface area contributed by atoms with Gasteiger partial charge in [0, 0.05) is 31.6 Å². The number of amides is 1. The zero-order valence-corrected chi connectivity index (χ0v) is 18.0. The van der Waals surface area contributed by atoms with Gasteiger partial charge in [-0.05, 0) is 50.4 Å². The highest BCUT2D eigenvalue weighted by Crippen LogP contribution is 2.17. The zero-order valence-electron chi connectivity index (χ0n) is 16.4. The quantitative estimate of drug-likeness (QED) is 0.680. The fraction of sp³-hybridized carbons (Fsp3) is 0.632. The van der Waals surface area contributed by atoms with Crippen molar-refractivity contribution in [3.63, 3.8) is 0 Å². The van der Waals surface area contributed by atoms with Crippen molar-refractivity contribution in [2.24, 2.45) is 0 Å². The van der Waals surface area contributed by atoms with E-state index in [4.69, 9.17) is 0 Å². The van der Waals surface area contributed by atoms with Crippen molar-refractivity contribution in [1.82, 2.24) is 14.9 Å². The first kappa shape index (κ1) is 23.9. The molecule has 1 aromatic rings. The van der Waals surface area contributed by atoms with Crippen LogP contribution in [0, 0.1) is 0 Å². The summed E-state index contributed by atoms with van der Waals surface area (Å²) < 4.78 is 26.4. The van der Waals surface area contributed by atoms with Gasteiger partial charge < -0.3 is 10.6 Å². The molecular formula is C19H32ClN3O3S. The molecule has 0 bridgehead atoms. The van der Waals surface area contributed by atoms with Crippen LogP contribution < -0.4 is 10.6 Å². The van der Waals surface area contributed by atoms with E-state index in [2.05, 4.69) is 17.6 Å². The number of hydrogen-bond donors (Lipinski definition) is 2. The molecule has 2 atom stereocenters. The Balaban J connectivity index is 0.00000364. The van der Waals surface area contributed by atoms with E-state index in [0.717, 1.165) is 24.9 Å². The van der Waals surface area contributed by atoms with Crippen molar-refractivity contribution < 1.29 is 13.2 Å². The maximum absolute atomic E-state index is 12.5. The van der Waals surface area contributed by atoms with Crippen LogP contribution in [0.1, 0.15) is 45.6 Å². The number of hydrogen-bond acceptors (Lipinski definition) is 4. The van der Waals surface area contributed by atoms with E-state index in [-0.39, 0.29) is 24.4 Å². The number of rotatable bonds is 8. The van der Waals surface area contributed by atoms with Crippen LogP contribution in [0.25, 0.3) is 0 Å². The molecule has 0 saturated carbocycles. The van der Waals surface area contributed by atoms with E-state index in [9.17, 15) is 13.2 Å². The molecule has 6 nitrogen and oxygen atoms in total. The summed E-state index contributed by atoms with van der Waals surface area (Å²) in [5.74, 6) is 0.0467. The second-order valence-electron chi connectivity index (χ2n) is 6.79. The lowest BCUT2D eigenvalue weighted by Crippen LogP contribution is -2.51. The molecule has 27 heavy (non-hydrogen) atoms. The third-order valence-electron chi connectivity index (χ3n) is 5.02. The van der Waals surface area contributed by atoms with Crippen molar-refractivity contribution >= 4 is 28.3 Å². The largest absolute Gasteiger partial charge is 0.352 e. The fourth-order valence-corrected chi connectivity index (χ4v) is 4.78. The van der Waals surface area contributed by atoms with Crippen LogP contribution in [0.4, 0.5) is 0 Å². The van der Waals surface area contributed by atoms with E-state index >= 15 is 0 Å². The van der Waals surface area contributed by atoms with E-state index < -0.39 is 10.0 Å². The molecule has 1 amide bonds. The maximum atomic E-state index is 12.5. The molecule has 0 radical (unpaired) electrons. The summed E-state index contributed by atoms with van der Waals surface area (Å²) in [7, 11) is -3.43. The number of aryl methyl sites for hydroxylation is 1. The summed E-state index contributed by atoms with van der Waals surface area (Å²) >= 11 is 0. The molecule has 0 aliphatic carbocycles. The number of carbonyl (C=O) groups excluding carboxylic acids is 1. The number of benzene rings is 1. The molecule has 8 heteroatoms. The Morgan fingerprint density at radius 2 is 1.85 bits per heavy atom. The summed E-state index contributed by atoms with van der Waals surface area (Å²) in [5, 5.41) is 6.48. The minimum Gasteiger partial charge on any atom is -0.352 e. The van der Waals surface area contributed by atoms with Crippen LogP contribution in [0.5, 0.6) is 0 Å². The van der Waals surface area contributed by atoms with Crippen molar-refractivity contribution in [3.05, 3.63) is 29.8 Å². The monoisotopic (exact) mass is 417 g/mol. The van der Waals surface area contributed by atoms with Crippen LogP contribution in [0.3, 0.4) is 0 Å². The number of carbonyl (C=O) groups is 1. The standard InChI is InChI=1S/C19H31N3O3S.ClH/c1-4-22(5-2)26(24,25)17-11-8-16(9-12-17)10-13-19(23)21-18-7-6-14-20-15(18)3;/h8-9,11-12,15,18,20H,4-7,10,13-14H2,1-3H3,(H,21,23);1H. The number of piperidine rings is 1. The summed E-state index contributed by atoms with van der Waals surface area (Å²) in [6, 6.07) is 7.36. The normalized spacial score (nSPS) is 20.1. The second-order valence-corrected chi connectivity index (χ2v) is 8.73. The van der Waals surface area contributed by atoms with Gasteiger partial charge in [0.05, 0.1) is 4.90 Å². The van der Waals surface area contributed by atoms with Gasteiger partial charge >= 0.3 is 0 Å². The Morgan fingerprint density at radius 3 is 2.41 bits per heavy atom. The Labute approximate surface area is 169 Å². The zero-order chi connectivity index (χ0) is 19.2. The molecule has 0 spiro atoms. The SMILES string of the molecule is CCN(CC)S(=O)(=O)c1ccc(CCC(=O)NC2CCCNC2C)cc1.Cl. The molecule has 1 aromatic carbocycles. The Hall–Kier alpha value is -1.15. The fourth-order valence-electron chi connectivity index (χ4n) is 3.32. The number of nitrogens with one attached hydrogen (secondary N) is 2. The highest BCUT2D eigenvalue weighted by atomic mass is 35.5. The number of nitrogens with zero attached hydrogens (tertiary/aromatic N) is 1. The predicted octanol–water partition coefficient (Wildman–Crippen LogP) is 2.33. The van der Waals surface area contributed by atoms with Gasteiger partial charge in [0.15, 0.2) is 0 Å². The van der Waals surface area contributed by atoms with Crippen molar-refractivity contribution in [3.8, 4) is 0 Å². The molecule has 1 aliphatic heterocycles. The first-order valence-corrected chi connectivity index (χ1v) is 10.9. The van der Waals surface area contributed by atoms with E-state index in [0.29, 0.717) is 36.9 Å². The molecule has 2 rings (SSSR count). The topological polar surface area (TPSA) is 78.5 Å². The average molecular weight is 418 g/mol. The van der Waals surface area contributed by atoms with Gasteiger partial charge in [-0.25, -0.2) is 8.42 Å². The van der Waals surface area contributed by atoms with Crippen LogP contribution >= 0.6 is 12.4 Å². The number of halogens is 1. The van der Waals surface area contributed by atoms with E-state index in [1.54, 1.807) is 24.3 Å². The lowest BCUT2D eigenvalue weighted by atomic mass is 9.99. The highest BCUT2D eigenvalue weighted by Gasteiger charge is 2.23. The summed E-state index contributed by atoms with van der Waals surface area (Å²) in [6.07, 6.45) is 3.10. The van der Waals surface area contributed by atoms with Crippen LogP contribution in [0.15, 0.2) is 29.2 Å². The van der Waals surface area contributed by atoms with Gasteiger partial charge in [-0.3, -0.25) is 4.79 Å². The van der Waals surface area contributed by atoms with Gasteiger partial charge in [0.25, 0.3) is 0 Å². The Kier molecular flexibility index (Phi) is 9.73. The second kappa shape index (κ2) is 11.0. The van der Waals surface area contributed by atoms with Gasteiger partial charge in [-0.15, -0.1) is 12.4 Å². The van der Waals surface area contributed by atoms with Crippen molar-refractivity contribution in [1.29, 1.82) is 0 Å². The molecule has 154 valence electrons. The Morgan fingerprint density at radius 1 is 1.22 bits per heavy atom. The molecule has 0 aromatic heterocycles. The Bertz CT molecular complexity index is 691. The minimum absolute atomic E-state index is 0. The molecule has 2 unspecified atom stereocenters. The van der Waals surface area contributed by atoms with E-state index in [1.807, 2.05) is 13.8 Å². The van der Waals surface area contributed by atoms with Gasteiger partial charge in [0.2, 0.25) is 15.9 Å². The van der Waals surface area contributed by atoms with Crippen LogP contribution in [-0.4, -0.2) is 50.3 Å². The molecule has 1 saturated heterocycles. The van der Waals surface area contributed by atoms with Gasteiger partial charge in [0.1, 0.15) is 0 Å². The third kappa shape index (κ3) is 6.45. The lowest BCUT2D eigenvalue weighted by Gasteiger charge is -2.30. The van der Waals surface area contributed by atoms with Crippen molar-refractivity contribution in [2.75, 3.05) is 19.6 Å². The predicted molar refractivity (Wildman–Crippen MR) is 111 cm³/mol. The minimum atomic E-state index is -3.43. The molecule has 1 heterocycles. The first-order valence-electron chi connectivity index (χ1n) is 9.50. The first-order chi connectivity index (χ1) is 12.4. The van der Waals surface area contributed by atoms with E-state index in [1.165, 1.54) is 4.31 Å². The number of sulfonamides is 1. The average Bonchev–Trinajstić information content (AvgIpc) is 2.63. The summed E-state index contributed by atoms with van der Waals surface area (Å²) in [5.41, 5.74) is 0.966. The molecule has 1 fully saturated rings. The highest BCUT2D eigenvalue weighted by molar-refractivity contribution is 7.89. The van der Waals surface area contributed by atoms with Gasteiger partial charge in [-0.2, -0.15) is 4.31 Å². The smallest absolute Gasteiger partial charge is 0.243 e. The third-order valence-corrected chi connectivity index (χ3v) is 7.08. The summed E-state index contributed by atoms with van der Waals surface area (Å²) in [4.78, 5) is 12.5. The van der Waals surface area contributed by atoms with Crippen molar-refractivity contribution in [2.45, 2.75) is 63.4 Å². The molecule has 1 aliphatic rings. The molecule has 2 N–H and O–H groups in total. The summed E-state index contributed by atoms with van der Waals surface area (Å²) in [6.45, 7) is 7.67. The van der Waals surface area contributed by atoms with Gasteiger partial charge in [-0.1, -0.05) is 26.0 Å². The lowest BCUT2D eigenvalue weighted by molar-refractivity contribution is -0.122. The molecular weight excluding hydrogens is 386 g/mol. The van der Waals surface area contributed by atoms with Crippen LogP contribution in [0.2, 0.25) is 0 Å². The van der Waals surface area contributed by atoms with Crippen LogP contribution in [-0.2, 0) is 21.2 Å².